The standard InChI is InChI=1S/C23H23ClN2O4S/c1-12-16-10-13(24)7-8-17(16)30-20(12)22(28)26-23-19(15-5-2-6-18(15)31-23)21(27)25-11-14-4-3-9-29-14/h7-8,10,14H,2-6,9,11H2,1H3,(H,25,27)(H,26,28)/t14-/m1/s1. The minimum Gasteiger partial charge on any atom is -0.451 e. The maximum atomic E-state index is 13.1. The zero-order valence-electron chi connectivity index (χ0n) is 17.2. The quantitative estimate of drug-likeness (QED) is 0.557. The van der Waals surface area contributed by atoms with Crippen LogP contribution >= 0.6 is 22.9 Å². The number of furan rings is 1. The van der Waals surface area contributed by atoms with E-state index in [2.05, 4.69) is 10.6 Å². The lowest BCUT2D eigenvalue weighted by molar-refractivity contribution is 0.0858. The topological polar surface area (TPSA) is 80.6 Å². The molecule has 1 aromatic carbocycles. The Hall–Kier alpha value is -2.35. The molecular formula is C23H23ClN2O4S. The summed E-state index contributed by atoms with van der Waals surface area (Å²) in [5.74, 6) is -0.284. The van der Waals surface area contributed by atoms with Gasteiger partial charge < -0.3 is 19.8 Å². The van der Waals surface area contributed by atoms with Gasteiger partial charge in [0.1, 0.15) is 10.6 Å². The molecule has 3 heterocycles. The second-order valence-corrected chi connectivity index (χ2v) is 9.60. The first kappa shape index (κ1) is 20.5. The summed E-state index contributed by atoms with van der Waals surface area (Å²) in [6.45, 7) is 3.07. The predicted molar refractivity (Wildman–Crippen MR) is 122 cm³/mol. The van der Waals surface area contributed by atoms with E-state index in [0.717, 1.165) is 55.2 Å². The first-order valence-electron chi connectivity index (χ1n) is 10.6. The molecule has 0 spiro atoms. The number of fused-ring (bicyclic) bond motifs is 2. The van der Waals surface area contributed by atoms with Crippen LogP contribution in [0.2, 0.25) is 5.02 Å². The molecule has 1 atom stereocenters. The fourth-order valence-electron chi connectivity index (χ4n) is 4.40. The number of nitrogens with one attached hydrogen (secondary N) is 2. The van der Waals surface area contributed by atoms with Gasteiger partial charge in [-0.25, -0.2) is 0 Å². The third-order valence-corrected chi connectivity index (χ3v) is 7.44. The van der Waals surface area contributed by atoms with Crippen LogP contribution in [0, 0.1) is 6.92 Å². The Morgan fingerprint density at radius 2 is 2.10 bits per heavy atom. The highest BCUT2D eigenvalue weighted by molar-refractivity contribution is 7.17. The molecule has 1 fully saturated rings. The van der Waals surface area contributed by atoms with Crippen LogP contribution in [0.4, 0.5) is 5.00 Å². The van der Waals surface area contributed by atoms with E-state index in [1.54, 1.807) is 18.2 Å². The van der Waals surface area contributed by atoms with Crippen LogP contribution in [0.5, 0.6) is 0 Å². The zero-order valence-corrected chi connectivity index (χ0v) is 18.8. The van der Waals surface area contributed by atoms with E-state index in [1.807, 2.05) is 6.92 Å². The van der Waals surface area contributed by atoms with Gasteiger partial charge in [-0.1, -0.05) is 11.6 Å². The molecule has 0 saturated carbocycles. The van der Waals surface area contributed by atoms with Crippen molar-refractivity contribution in [1.82, 2.24) is 5.32 Å². The predicted octanol–water partition coefficient (Wildman–Crippen LogP) is 5.11. The Balaban J connectivity index is 1.41. The fourth-order valence-corrected chi connectivity index (χ4v) is 5.86. The van der Waals surface area contributed by atoms with Gasteiger partial charge in [-0.2, -0.15) is 0 Å². The summed E-state index contributed by atoms with van der Waals surface area (Å²) in [6.07, 6.45) is 4.87. The number of benzene rings is 1. The van der Waals surface area contributed by atoms with Gasteiger partial charge in [-0.15, -0.1) is 11.3 Å². The van der Waals surface area contributed by atoms with Crippen molar-refractivity contribution < 1.29 is 18.7 Å². The van der Waals surface area contributed by atoms with E-state index in [9.17, 15) is 9.59 Å². The van der Waals surface area contributed by atoms with Crippen LogP contribution in [-0.4, -0.2) is 31.1 Å². The minimum absolute atomic E-state index is 0.0682. The molecule has 1 aliphatic heterocycles. The van der Waals surface area contributed by atoms with Crippen LogP contribution < -0.4 is 10.6 Å². The summed E-state index contributed by atoms with van der Waals surface area (Å²) in [5.41, 5.74) is 2.97. The second-order valence-electron chi connectivity index (χ2n) is 8.06. The first-order valence-corrected chi connectivity index (χ1v) is 11.7. The van der Waals surface area contributed by atoms with Gasteiger partial charge in [-0.05, 0) is 62.8 Å². The van der Waals surface area contributed by atoms with E-state index in [0.29, 0.717) is 27.7 Å². The maximum Gasteiger partial charge on any atom is 0.292 e. The molecule has 5 rings (SSSR count). The summed E-state index contributed by atoms with van der Waals surface area (Å²) in [6, 6.07) is 5.27. The molecule has 1 aliphatic carbocycles. The van der Waals surface area contributed by atoms with Crippen LogP contribution in [0.15, 0.2) is 22.6 Å². The highest BCUT2D eigenvalue weighted by atomic mass is 35.5. The van der Waals surface area contributed by atoms with E-state index in [4.69, 9.17) is 20.8 Å². The minimum atomic E-state index is -0.363. The molecule has 162 valence electrons. The first-order chi connectivity index (χ1) is 15.0. The average Bonchev–Trinajstić information content (AvgIpc) is 3.51. The molecule has 31 heavy (non-hydrogen) atoms. The summed E-state index contributed by atoms with van der Waals surface area (Å²) in [7, 11) is 0. The van der Waals surface area contributed by atoms with E-state index >= 15 is 0 Å². The van der Waals surface area contributed by atoms with Crippen LogP contribution in [0.3, 0.4) is 0 Å². The van der Waals surface area contributed by atoms with Crippen molar-refractivity contribution in [2.24, 2.45) is 0 Å². The van der Waals surface area contributed by atoms with Gasteiger partial charge in [0.25, 0.3) is 11.8 Å². The van der Waals surface area contributed by atoms with Gasteiger partial charge in [-0.3, -0.25) is 9.59 Å². The highest BCUT2D eigenvalue weighted by Gasteiger charge is 2.29. The highest BCUT2D eigenvalue weighted by Crippen LogP contribution is 2.39. The fraction of sp³-hybridized carbons (Fsp3) is 0.391. The number of thiophene rings is 1. The third-order valence-electron chi connectivity index (χ3n) is 5.99. The molecule has 0 bridgehead atoms. The molecule has 2 aliphatic rings. The Morgan fingerprint density at radius 3 is 2.90 bits per heavy atom. The van der Waals surface area contributed by atoms with E-state index in [1.165, 1.54) is 16.2 Å². The number of halogens is 1. The van der Waals surface area contributed by atoms with Crippen molar-refractivity contribution in [3.8, 4) is 0 Å². The molecule has 2 N–H and O–H groups in total. The zero-order chi connectivity index (χ0) is 21.5. The van der Waals surface area contributed by atoms with Gasteiger partial charge >= 0.3 is 0 Å². The SMILES string of the molecule is Cc1c(C(=O)Nc2sc3c(c2C(=O)NC[C@H]2CCCO2)CCC3)oc2ccc(Cl)cc12. The summed E-state index contributed by atoms with van der Waals surface area (Å²) < 4.78 is 11.4. The van der Waals surface area contributed by atoms with Crippen LogP contribution in [-0.2, 0) is 17.6 Å². The van der Waals surface area contributed by atoms with E-state index in [-0.39, 0.29) is 23.7 Å². The smallest absolute Gasteiger partial charge is 0.292 e. The molecule has 1 saturated heterocycles. The van der Waals surface area contributed by atoms with Crippen molar-refractivity contribution in [2.75, 3.05) is 18.5 Å². The van der Waals surface area contributed by atoms with Crippen molar-refractivity contribution in [1.29, 1.82) is 0 Å². The lowest BCUT2D eigenvalue weighted by Crippen LogP contribution is -2.32. The number of hydrogen-bond acceptors (Lipinski definition) is 5. The maximum absolute atomic E-state index is 13.1. The summed E-state index contributed by atoms with van der Waals surface area (Å²) in [4.78, 5) is 27.3. The molecule has 3 aromatic rings. The lowest BCUT2D eigenvalue weighted by Gasteiger charge is -2.12. The third kappa shape index (κ3) is 3.86. The van der Waals surface area contributed by atoms with Crippen LogP contribution in [0.1, 0.15) is 56.2 Å². The number of carbonyl (C=O) groups excluding carboxylic acids is 2. The van der Waals surface area contributed by atoms with Gasteiger partial charge in [0.05, 0.1) is 11.7 Å². The van der Waals surface area contributed by atoms with Crippen LogP contribution in [0.25, 0.3) is 11.0 Å². The van der Waals surface area contributed by atoms with Gasteiger partial charge in [0.15, 0.2) is 5.76 Å². The number of ether oxygens (including phenoxy) is 1. The Labute approximate surface area is 188 Å². The molecule has 0 radical (unpaired) electrons. The van der Waals surface area contributed by atoms with Gasteiger partial charge in [0.2, 0.25) is 0 Å². The van der Waals surface area contributed by atoms with Crippen molar-refractivity contribution in [2.45, 2.75) is 45.1 Å². The van der Waals surface area contributed by atoms with Crippen molar-refractivity contribution >= 4 is 50.7 Å². The number of aryl methyl sites for hydroxylation is 2. The monoisotopic (exact) mass is 458 g/mol. The molecule has 8 heteroatoms. The van der Waals surface area contributed by atoms with E-state index < -0.39 is 0 Å². The number of hydrogen-bond donors (Lipinski definition) is 2. The Morgan fingerprint density at radius 1 is 1.23 bits per heavy atom. The normalized spacial score (nSPS) is 17.8. The number of amides is 2. The molecular weight excluding hydrogens is 436 g/mol. The number of rotatable bonds is 5. The second kappa shape index (κ2) is 8.30. The lowest BCUT2D eigenvalue weighted by atomic mass is 10.1. The largest absolute Gasteiger partial charge is 0.451 e. The number of anilines is 1. The summed E-state index contributed by atoms with van der Waals surface area (Å²) in [5, 5.41) is 7.92. The molecule has 2 aromatic heterocycles. The number of carbonyl (C=O) groups is 2. The molecule has 2 amide bonds. The average molecular weight is 459 g/mol. The van der Waals surface area contributed by atoms with Crippen molar-refractivity contribution in [3.63, 3.8) is 0 Å². The molecule has 6 nitrogen and oxygen atoms in total. The molecule has 0 unspecified atom stereocenters. The van der Waals surface area contributed by atoms with Gasteiger partial charge in [0, 0.05) is 34.0 Å². The Bertz CT molecular complexity index is 1180. The van der Waals surface area contributed by atoms with Crippen molar-refractivity contribution in [3.05, 3.63) is 50.5 Å². The Kier molecular flexibility index (Phi) is 5.50. The summed E-state index contributed by atoms with van der Waals surface area (Å²) >= 11 is 7.58.